The Hall–Kier alpha value is -4.25. The highest BCUT2D eigenvalue weighted by atomic mass is 16.7. The molecule has 200 valence electrons. The Labute approximate surface area is 219 Å². The van der Waals surface area contributed by atoms with E-state index in [0.29, 0.717) is 16.8 Å². The maximum absolute atomic E-state index is 13.1. The summed E-state index contributed by atoms with van der Waals surface area (Å²) in [7, 11) is 0. The van der Waals surface area contributed by atoms with E-state index in [9.17, 15) is 24.3 Å². The lowest BCUT2D eigenvalue weighted by Crippen LogP contribution is -2.61. The summed E-state index contributed by atoms with van der Waals surface area (Å²) in [6.07, 6.45) is 1.71. The van der Waals surface area contributed by atoms with Crippen molar-refractivity contribution < 1.29 is 38.5 Å². The standard InChI is InChI=1S/C27H29N3O8/c1-15(31)21-20-13-19(22(30(20)23(21)32)24(33)36-14-37-25(34)27(2,3)4)16-6-5-7-18(12-16)38-26(35)29-17-8-10-28-11-9-17/h5-12,15,20-21,31H,13-14H2,1-4H3,(H,28,29,35)/t15-,20-,21-/m1/s1. The number of aliphatic hydroxyl groups excluding tert-OH is 1. The molecule has 1 aromatic heterocycles. The molecular formula is C27H29N3O8. The Morgan fingerprint density at radius 2 is 1.87 bits per heavy atom. The number of amides is 2. The highest BCUT2D eigenvalue weighted by Crippen LogP contribution is 2.47. The summed E-state index contributed by atoms with van der Waals surface area (Å²) in [6.45, 7) is 5.91. The van der Waals surface area contributed by atoms with Crippen molar-refractivity contribution in [2.24, 2.45) is 11.3 Å². The minimum absolute atomic E-state index is 0.00194. The molecule has 2 amide bonds. The molecule has 1 saturated heterocycles. The van der Waals surface area contributed by atoms with Gasteiger partial charge in [0, 0.05) is 18.1 Å². The second kappa shape index (κ2) is 10.6. The number of aliphatic hydroxyl groups is 1. The lowest BCUT2D eigenvalue weighted by atomic mass is 9.82. The molecule has 2 N–H and O–H groups in total. The van der Waals surface area contributed by atoms with Gasteiger partial charge in [-0.05, 0) is 69.5 Å². The van der Waals surface area contributed by atoms with E-state index < -0.39 is 54.2 Å². The van der Waals surface area contributed by atoms with Crippen LogP contribution >= 0.6 is 0 Å². The fraction of sp³-hybridized carbons (Fsp3) is 0.370. The van der Waals surface area contributed by atoms with Crippen LogP contribution in [0.15, 0.2) is 54.5 Å². The Balaban J connectivity index is 1.56. The summed E-state index contributed by atoms with van der Waals surface area (Å²) in [4.78, 5) is 55.5. The van der Waals surface area contributed by atoms with E-state index >= 15 is 0 Å². The van der Waals surface area contributed by atoms with Crippen molar-refractivity contribution in [2.45, 2.75) is 46.3 Å². The van der Waals surface area contributed by atoms with E-state index in [0.717, 1.165) is 0 Å². The quantitative estimate of drug-likeness (QED) is 0.318. The molecule has 3 heterocycles. The van der Waals surface area contributed by atoms with Crippen LogP contribution in [0.4, 0.5) is 10.5 Å². The third kappa shape index (κ3) is 5.52. The molecule has 2 aliphatic heterocycles. The fourth-order valence-electron chi connectivity index (χ4n) is 4.37. The number of nitrogens with one attached hydrogen (secondary N) is 1. The second-order valence-corrected chi connectivity index (χ2v) is 10.1. The summed E-state index contributed by atoms with van der Waals surface area (Å²) in [6, 6.07) is 9.29. The number of ether oxygens (including phenoxy) is 3. The largest absolute Gasteiger partial charge is 0.427 e. The van der Waals surface area contributed by atoms with Crippen molar-refractivity contribution in [2.75, 3.05) is 12.1 Å². The number of carbonyl (C=O) groups excluding carboxylic acids is 4. The van der Waals surface area contributed by atoms with E-state index in [-0.39, 0.29) is 17.9 Å². The molecule has 0 bridgehead atoms. The van der Waals surface area contributed by atoms with Crippen LogP contribution in [0, 0.1) is 11.3 Å². The number of fused-ring (bicyclic) bond motifs is 1. The predicted molar refractivity (Wildman–Crippen MR) is 134 cm³/mol. The topological polar surface area (TPSA) is 144 Å². The zero-order valence-electron chi connectivity index (χ0n) is 21.5. The van der Waals surface area contributed by atoms with Crippen molar-refractivity contribution in [1.29, 1.82) is 0 Å². The fourth-order valence-corrected chi connectivity index (χ4v) is 4.37. The van der Waals surface area contributed by atoms with Gasteiger partial charge in [0.05, 0.1) is 23.5 Å². The van der Waals surface area contributed by atoms with Gasteiger partial charge in [-0.3, -0.25) is 19.9 Å². The first-order valence-electron chi connectivity index (χ1n) is 12.1. The predicted octanol–water partition coefficient (Wildman–Crippen LogP) is 3.11. The SMILES string of the molecule is C[C@@H](O)[C@H]1C(=O)N2C(C(=O)OCOC(=O)C(C)(C)C)=C(c3cccc(OC(=O)Nc4ccncc4)c3)C[C@H]12. The summed E-state index contributed by atoms with van der Waals surface area (Å²) < 4.78 is 15.6. The Morgan fingerprint density at radius 1 is 1.16 bits per heavy atom. The summed E-state index contributed by atoms with van der Waals surface area (Å²) in [5, 5.41) is 12.7. The molecule has 0 unspecified atom stereocenters. The average molecular weight is 524 g/mol. The van der Waals surface area contributed by atoms with Crippen LogP contribution in [0.3, 0.4) is 0 Å². The Morgan fingerprint density at radius 3 is 2.53 bits per heavy atom. The number of aromatic nitrogens is 1. The molecule has 1 fully saturated rings. The molecule has 3 atom stereocenters. The minimum Gasteiger partial charge on any atom is -0.427 e. The molecule has 0 saturated carbocycles. The molecule has 0 radical (unpaired) electrons. The highest BCUT2D eigenvalue weighted by molar-refractivity contribution is 6.07. The number of β-lactam (4-membered cyclic amide) rings is 1. The van der Waals surface area contributed by atoms with Crippen LogP contribution < -0.4 is 10.1 Å². The van der Waals surface area contributed by atoms with E-state index in [1.54, 1.807) is 57.2 Å². The monoisotopic (exact) mass is 523 g/mol. The van der Waals surface area contributed by atoms with Crippen molar-refractivity contribution in [3.63, 3.8) is 0 Å². The number of nitrogens with zero attached hydrogens (tertiary/aromatic N) is 2. The zero-order chi connectivity index (χ0) is 27.6. The number of carbonyl (C=O) groups is 4. The van der Waals surface area contributed by atoms with E-state index in [4.69, 9.17) is 14.2 Å². The molecule has 0 aliphatic carbocycles. The smallest absolute Gasteiger partial charge is 0.417 e. The zero-order valence-corrected chi connectivity index (χ0v) is 21.5. The van der Waals surface area contributed by atoms with E-state index in [2.05, 4.69) is 10.3 Å². The van der Waals surface area contributed by atoms with Gasteiger partial charge in [-0.25, -0.2) is 9.59 Å². The first-order chi connectivity index (χ1) is 18.0. The number of rotatable bonds is 7. The lowest BCUT2D eigenvalue weighted by Gasteiger charge is -2.44. The van der Waals surface area contributed by atoms with Crippen molar-refractivity contribution in [3.8, 4) is 5.75 Å². The number of hydrogen-bond donors (Lipinski definition) is 2. The van der Waals surface area contributed by atoms with Gasteiger partial charge in [-0.15, -0.1) is 0 Å². The third-order valence-electron chi connectivity index (χ3n) is 6.23. The first kappa shape index (κ1) is 26.8. The second-order valence-electron chi connectivity index (χ2n) is 10.1. The van der Waals surface area contributed by atoms with Gasteiger partial charge in [-0.1, -0.05) is 12.1 Å². The summed E-state index contributed by atoms with van der Waals surface area (Å²) >= 11 is 0. The van der Waals surface area contributed by atoms with Gasteiger partial charge in [-0.2, -0.15) is 0 Å². The maximum Gasteiger partial charge on any atom is 0.417 e. The lowest BCUT2D eigenvalue weighted by molar-refractivity contribution is -0.175. The molecule has 4 rings (SSSR count). The Bertz CT molecular complexity index is 1280. The molecule has 38 heavy (non-hydrogen) atoms. The van der Waals surface area contributed by atoms with Crippen LogP contribution in [0.5, 0.6) is 5.75 Å². The molecule has 0 spiro atoms. The maximum atomic E-state index is 13.1. The summed E-state index contributed by atoms with van der Waals surface area (Å²) in [5.41, 5.74) is 0.742. The number of benzene rings is 1. The van der Waals surface area contributed by atoms with Crippen molar-refractivity contribution in [3.05, 3.63) is 60.1 Å². The Kier molecular flexibility index (Phi) is 7.49. The molecule has 11 heteroatoms. The molecule has 2 aromatic rings. The molecule has 11 nitrogen and oxygen atoms in total. The molecular weight excluding hydrogens is 494 g/mol. The average Bonchev–Trinajstić information content (AvgIpc) is 3.19. The normalized spacial score (nSPS) is 19.3. The summed E-state index contributed by atoms with van der Waals surface area (Å²) in [5.74, 6) is -2.25. The van der Waals surface area contributed by atoms with Crippen LogP contribution in [-0.4, -0.2) is 57.9 Å². The number of esters is 2. The van der Waals surface area contributed by atoms with Gasteiger partial charge in [0.1, 0.15) is 11.4 Å². The van der Waals surface area contributed by atoms with Gasteiger partial charge in [0.25, 0.3) is 0 Å². The van der Waals surface area contributed by atoms with Gasteiger partial charge >= 0.3 is 18.0 Å². The van der Waals surface area contributed by atoms with Crippen LogP contribution in [0.1, 0.15) is 39.7 Å². The van der Waals surface area contributed by atoms with Crippen LogP contribution in [0.25, 0.3) is 5.57 Å². The minimum atomic E-state index is -0.903. The highest BCUT2D eigenvalue weighted by Gasteiger charge is 2.57. The van der Waals surface area contributed by atoms with Crippen molar-refractivity contribution in [1.82, 2.24) is 9.88 Å². The third-order valence-corrected chi connectivity index (χ3v) is 6.23. The number of anilines is 1. The number of hydrogen-bond acceptors (Lipinski definition) is 9. The number of pyridine rings is 1. The molecule has 2 aliphatic rings. The van der Waals surface area contributed by atoms with Gasteiger partial charge in [0.15, 0.2) is 0 Å². The van der Waals surface area contributed by atoms with E-state index in [1.807, 2.05) is 0 Å². The van der Waals surface area contributed by atoms with Gasteiger partial charge in [0.2, 0.25) is 12.7 Å². The van der Waals surface area contributed by atoms with Crippen LogP contribution in [0.2, 0.25) is 0 Å². The van der Waals surface area contributed by atoms with E-state index in [1.165, 1.54) is 24.2 Å². The first-order valence-corrected chi connectivity index (χ1v) is 12.1. The van der Waals surface area contributed by atoms with Crippen molar-refractivity contribution >= 4 is 35.2 Å². The van der Waals surface area contributed by atoms with Gasteiger partial charge < -0.3 is 24.2 Å². The molecule has 1 aromatic carbocycles. The van der Waals surface area contributed by atoms with Crippen LogP contribution in [-0.2, 0) is 23.9 Å².